The minimum atomic E-state index is -0.209. The van der Waals surface area contributed by atoms with Gasteiger partial charge in [0, 0.05) is 6.92 Å². The van der Waals surface area contributed by atoms with Crippen LogP contribution in [-0.2, 0) is 9.53 Å². The van der Waals surface area contributed by atoms with E-state index in [4.69, 9.17) is 4.74 Å². The molecule has 2 heteroatoms. The van der Waals surface area contributed by atoms with Gasteiger partial charge in [-0.05, 0) is 25.3 Å². The third kappa shape index (κ3) is 5.96. The lowest BCUT2D eigenvalue weighted by Crippen LogP contribution is -2.15. The highest BCUT2D eigenvalue weighted by Crippen LogP contribution is 2.09. The molecule has 70 valence electrons. The fraction of sp³-hybridized carbons (Fsp3) is 0.700. The largest absolute Gasteiger partial charge is 0.458 e. The van der Waals surface area contributed by atoms with Gasteiger partial charge in [0.2, 0.25) is 0 Å². The molecule has 0 saturated heterocycles. The normalized spacial score (nSPS) is 13.8. The molecule has 0 spiro atoms. The van der Waals surface area contributed by atoms with Crippen LogP contribution in [0.2, 0.25) is 0 Å². The zero-order chi connectivity index (χ0) is 9.56. The number of rotatable bonds is 4. The lowest BCUT2D eigenvalue weighted by Gasteiger charge is -2.14. The molecular weight excluding hydrogens is 152 g/mol. The molecule has 0 aliphatic heterocycles. The Hall–Kier alpha value is -0.790. The number of hydrogen-bond acceptors (Lipinski definition) is 2. The molecule has 0 saturated carbocycles. The van der Waals surface area contributed by atoms with Gasteiger partial charge >= 0.3 is 5.97 Å². The van der Waals surface area contributed by atoms with Gasteiger partial charge in [0.25, 0.3) is 0 Å². The highest BCUT2D eigenvalue weighted by atomic mass is 16.5. The van der Waals surface area contributed by atoms with Crippen LogP contribution in [0.4, 0.5) is 0 Å². The predicted molar refractivity (Wildman–Crippen MR) is 49.8 cm³/mol. The first-order valence-corrected chi connectivity index (χ1v) is 4.36. The Morgan fingerprint density at radius 1 is 1.50 bits per heavy atom. The van der Waals surface area contributed by atoms with Crippen LogP contribution >= 0.6 is 0 Å². The van der Waals surface area contributed by atoms with Gasteiger partial charge in [0.15, 0.2) is 0 Å². The zero-order valence-corrected chi connectivity index (χ0v) is 8.33. The topological polar surface area (TPSA) is 26.3 Å². The van der Waals surface area contributed by atoms with Gasteiger partial charge in [-0.25, -0.2) is 0 Å². The van der Waals surface area contributed by atoms with Gasteiger partial charge in [-0.3, -0.25) is 4.79 Å². The van der Waals surface area contributed by atoms with Crippen molar-refractivity contribution in [2.45, 2.75) is 40.2 Å². The summed E-state index contributed by atoms with van der Waals surface area (Å²) < 4.78 is 5.08. The Kier molecular flexibility index (Phi) is 5.43. The van der Waals surface area contributed by atoms with Crippen molar-refractivity contribution in [3.8, 4) is 0 Å². The Morgan fingerprint density at radius 2 is 2.08 bits per heavy atom. The van der Waals surface area contributed by atoms with Crippen molar-refractivity contribution in [2.75, 3.05) is 0 Å². The summed E-state index contributed by atoms with van der Waals surface area (Å²) in [6.07, 6.45) is 4.67. The molecule has 0 aromatic heterocycles. The second-order valence-electron chi connectivity index (χ2n) is 3.30. The molecule has 0 radical (unpaired) electrons. The van der Waals surface area contributed by atoms with Gasteiger partial charge in [0.05, 0.1) is 0 Å². The fourth-order valence-corrected chi connectivity index (χ4v) is 1.06. The van der Waals surface area contributed by atoms with Gasteiger partial charge in [-0.2, -0.15) is 0 Å². The second-order valence-corrected chi connectivity index (χ2v) is 3.30. The van der Waals surface area contributed by atoms with Crippen LogP contribution in [0.1, 0.15) is 34.1 Å². The first-order valence-electron chi connectivity index (χ1n) is 4.36. The predicted octanol–water partition coefficient (Wildman–Crippen LogP) is 2.54. The summed E-state index contributed by atoms with van der Waals surface area (Å²) in [6, 6.07) is 0. The van der Waals surface area contributed by atoms with Crippen molar-refractivity contribution in [2.24, 2.45) is 5.92 Å². The monoisotopic (exact) mass is 170 g/mol. The van der Waals surface area contributed by atoms with Gasteiger partial charge in [-0.15, -0.1) is 0 Å². The van der Waals surface area contributed by atoms with Crippen molar-refractivity contribution in [3.05, 3.63) is 12.2 Å². The summed E-state index contributed by atoms with van der Waals surface area (Å²) in [7, 11) is 0. The van der Waals surface area contributed by atoms with E-state index in [1.54, 1.807) is 0 Å². The molecular formula is C10H18O2. The van der Waals surface area contributed by atoms with Gasteiger partial charge in [0.1, 0.15) is 6.10 Å². The number of allylic oxidation sites excluding steroid dienone is 1. The Labute approximate surface area is 74.6 Å². The molecule has 0 N–H and O–H groups in total. The van der Waals surface area contributed by atoms with Crippen LogP contribution in [0.5, 0.6) is 0 Å². The minimum Gasteiger partial charge on any atom is -0.458 e. The van der Waals surface area contributed by atoms with E-state index in [9.17, 15) is 4.79 Å². The summed E-state index contributed by atoms with van der Waals surface area (Å²) in [5.41, 5.74) is 0. The SMILES string of the molecule is C/C=C\[C@@H](CC(C)C)OC(C)=O. The Morgan fingerprint density at radius 3 is 2.42 bits per heavy atom. The standard InChI is InChI=1S/C10H18O2/c1-5-6-10(7-8(2)3)12-9(4)11/h5-6,8,10H,7H2,1-4H3/b6-5-/t10-/m0/s1. The van der Waals surface area contributed by atoms with E-state index < -0.39 is 0 Å². The molecule has 0 aliphatic carbocycles. The molecule has 0 rings (SSSR count). The fourth-order valence-electron chi connectivity index (χ4n) is 1.06. The molecule has 0 unspecified atom stereocenters. The molecule has 0 aliphatic rings. The Balaban J connectivity index is 3.95. The van der Waals surface area contributed by atoms with E-state index in [-0.39, 0.29) is 12.1 Å². The number of esters is 1. The third-order valence-electron chi connectivity index (χ3n) is 1.43. The van der Waals surface area contributed by atoms with E-state index >= 15 is 0 Å². The summed E-state index contributed by atoms with van der Waals surface area (Å²) in [6.45, 7) is 7.59. The van der Waals surface area contributed by atoms with E-state index in [0.29, 0.717) is 5.92 Å². The van der Waals surface area contributed by atoms with Crippen LogP contribution < -0.4 is 0 Å². The number of carbonyl (C=O) groups excluding carboxylic acids is 1. The number of hydrogen-bond donors (Lipinski definition) is 0. The van der Waals surface area contributed by atoms with E-state index in [1.165, 1.54) is 6.92 Å². The summed E-state index contributed by atoms with van der Waals surface area (Å²) in [5, 5.41) is 0. The van der Waals surface area contributed by atoms with Crippen LogP contribution in [0.3, 0.4) is 0 Å². The number of ether oxygens (including phenoxy) is 1. The summed E-state index contributed by atoms with van der Waals surface area (Å²) in [5.74, 6) is 0.337. The Bertz CT molecular complexity index is 159. The lowest BCUT2D eigenvalue weighted by atomic mass is 10.1. The smallest absolute Gasteiger partial charge is 0.303 e. The van der Waals surface area contributed by atoms with Gasteiger partial charge in [-0.1, -0.05) is 19.9 Å². The third-order valence-corrected chi connectivity index (χ3v) is 1.43. The maximum Gasteiger partial charge on any atom is 0.303 e. The first-order chi connectivity index (χ1) is 5.56. The quantitative estimate of drug-likeness (QED) is 0.478. The molecule has 0 fully saturated rings. The molecule has 0 heterocycles. The van der Waals surface area contributed by atoms with Crippen LogP contribution in [0.25, 0.3) is 0 Å². The average Bonchev–Trinajstić information content (AvgIpc) is 1.84. The molecule has 1 atom stereocenters. The second kappa shape index (κ2) is 5.81. The lowest BCUT2D eigenvalue weighted by molar-refractivity contribution is -0.144. The number of carbonyl (C=O) groups is 1. The van der Waals surface area contributed by atoms with Crippen LogP contribution in [0.15, 0.2) is 12.2 Å². The molecule has 0 amide bonds. The maximum absolute atomic E-state index is 10.7. The summed E-state index contributed by atoms with van der Waals surface area (Å²) in [4.78, 5) is 10.7. The van der Waals surface area contributed by atoms with Gasteiger partial charge < -0.3 is 4.74 Å². The highest BCUT2D eigenvalue weighted by molar-refractivity contribution is 5.66. The van der Waals surface area contributed by atoms with Crippen molar-refractivity contribution >= 4 is 5.97 Å². The van der Waals surface area contributed by atoms with Crippen molar-refractivity contribution in [3.63, 3.8) is 0 Å². The molecule has 0 bridgehead atoms. The van der Waals surface area contributed by atoms with Crippen LogP contribution in [0, 0.1) is 5.92 Å². The molecule has 0 aromatic rings. The first kappa shape index (κ1) is 11.2. The maximum atomic E-state index is 10.7. The molecule has 2 nitrogen and oxygen atoms in total. The highest BCUT2D eigenvalue weighted by Gasteiger charge is 2.09. The van der Waals surface area contributed by atoms with Crippen LogP contribution in [-0.4, -0.2) is 12.1 Å². The van der Waals surface area contributed by atoms with E-state index in [2.05, 4.69) is 13.8 Å². The van der Waals surface area contributed by atoms with Crippen molar-refractivity contribution < 1.29 is 9.53 Å². The molecule has 12 heavy (non-hydrogen) atoms. The van der Waals surface area contributed by atoms with Crippen molar-refractivity contribution in [1.29, 1.82) is 0 Å². The molecule has 0 aromatic carbocycles. The van der Waals surface area contributed by atoms with E-state index in [0.717, 1.165) is 6.42 Å². The van der Waals surface area contributed by atoms with E-state index in [1.807, 2.05) is 19.1 Å². The zero-order valence-electron chi connectivity index (χ0n) is 8.33. The summed E-state index contributed by atoms with van der Waals surface area (Å²) >= 11 is 0. The van der Waals surface area contributed by atoms with Crippen molar-refractivity contribution in [1.82, 2.24) is 0 Å². The average molecular weight is 170 g/mol. The minimum absolute atomic E-state index is 0.0486.